The third-order valence-electron chi connectivity index (χ3n) is 5.04. The summed E-state index contributed by atoms with van der Waals surface area (Å²) in [6.07, 6.45) is 7.36. The lowest BCUT2D eigenvalue weighted by Crippen LogP contribution is -2.49. The number of carbonyl (C=O) groups excluding carboxylic acids is 1. The lowest BCUT2D eigenvalue weighted by molar-refractivity contribution is 0.0389. The summed E-state index contributed by atoms with van der Waals surface area (Å²) in [5.74, 6) is 1.02. The molecule has 108 valence electrons. The van der Waals surface area contributed by atoms with Crippen LogP contribution in [0, 0.1) is 12.8 Å². The van der Waals surface area contributed by atoms with Gasteiger partial charge in [-0.1, -0.05) is 18.9 Å². The van der Waals surface area contributed by atoms with Gasteiger partial charge in [-0.3, -0.25) is 4.79 Å². The summed E-state index contributed by atoms with van der Waals surface area (Å²) in [6.45, 7) is 2.69. The van der Waals surface area contributed by atoms with E-state index in [0.717, 1.165) is 19.4 Å². The highest BCUT2D eigenvalue weighted by Crippen LogP contribution is 2.36. The summed E-state index contributed by atoms with van der Waals surface area (Å²) in [5.41, 5.74) is 1.37. The molecule has 1 heterocycles. The Kier molecular flexibility index (Phi) is 3.68. The van der Waals surface area contributed by atoms with Crippen LogP contribution in [-0.2, 0) is 0 Å². The topological polar surface area (TPSA) is 40.5 Å². The number of rotatable bonds is 1. The number of benzene rings is 1. The highest BCUT2D eigenvalue weighted by molar-refractivity contribution is 5.96. The molecule has 0 unspecified atom stereocenters. The van der Waals surface area contributed by atoms with E-state index in [1.807, 2.05) is 13.0 Å². The van der Waals surface area contributed by atoms with Crippen molar-refractivity contribution in [3.63, 3.8) is 0 Å². The van der Waals surface area contributed by atoms with Crippen LogP contribution >= 0.6 is 0 Å². The zero-order valence-electron chi connectivity index (χ0n) is 12.1. The standard InChI is InChI=1S/C17H23NO2/c1-12-14(8-4-10-16(12)19)17(20)18-11-5-7-13-6-2-3-9-15(13)18/h4,8,10,13,15,19H,2-3,5-7,9,11H2,1H3/t13-,15-/m1/s1. The minimum Gasteiger partial charge on any atom is -0.508 e. The van der Waals surface area contributed by atoms with Crippen molar-refractivity contribution in [1.82, 2.24) is 4.90 Å². The largest absolute Gasteiger partial charge is 0.508 e. The molecule has 3 heteroatoms. The van der Waals surface area contributed by atoms with Gasteiger partial charge in [0.05, 0.1) is 0 Å². The summed E-state index contributed by atoms with van der Waals surface area (Å²) in [6, 6.07) is 5.67. The van der Waals surface area contributed by atoms with Crippen LogP contribution in [0.25, 0.3) is 0 Å². The van der Waals surface area contributed by atoms with E-state index in [-0.39, 0.29) is 11.7 Å². The second kappa shape index (κ2) is 5.47. The van der Waals surface area contributed by atoms with E-state index in [1.54, 1.807) is 12.1 Å². The first-order valence-corrected chi connectivity index (χ1v) is 7.78. The quantitative estimate of drug-likeness (QED) is 0.850. The van der Waals surface area contributed by atoms with Crippen LogP contribution < -0.4 is 0 Å². The van der Waals surface area contributed by atoms with Crippen LogP contribution in [0.1, 0.15) is 54.4 Å². The van der Waals surface area contributed by atoms with E-state index in [9.17, 15) is 9.90 Å². The first-order valence-electron chi connectivity index (χ1n) is 7.78. The van der Waals surface area contributed by atoms with Gasteiger partial charge in [0.2, 0.25) is 0 Å². The normalized spacial score (nSPS) is 26.1. The summed E-state index contributed by atoms with van der Waals surface area (Å²) in [7, 11) is 0. The lowest BCUT2D eigenvalue weighted by atomic mass is 9.78. The molecule has 1 amide bonds. The van der Waals surface area contributed by atoms with E-state index in [1.165, 1.54) is 25.7 Å². The zero-order chi connectivity index (χ0) is 14.1. The van der Waals surface area contributed by atoms with Crippen LogP contribution in [0.4, 0.5) is 0 Å². The molecule has 1 saturated heterocycles. The number of carbonyl (C=O) groups is 1. The Bertz CT molecular complexity index is 510. The van der Waals surface area contributed by atoms with Gasteiger partial charge in [0.1, 0.15) is 5.75 Å². The molecule has 1 N–H and O–H groups in total. The third-order valence-corrected chi connectivity index (χ3v) is 5.04. The molecular weight excluding hydrogens is 250 g/mol. The van der Waals surface area contributed by atoms with Gasteiger partial charge in [0.15, 0.2) is 0 Å². The summed E-state index contributed by atoms with van der Waals surface area (Å²) in [4.78, 5) is 14.9. The fourth-order valence-electron chi connectivity index (χ4n) is 3.89. The van der Waals surface area contributed by atoms with Gasteiger partial charge in [-0.05, 0) is 50.7 Å². The second-order valence-corrected chi connectivity index (χ2v) is 6.20. The highest BCUT2D eigenvalue weighted by Gasteiger charge is 2.36. The van der Waals surface area contributed by atoms with E-state index in [4.69, 9.17) is 0 Å². The van der Waals surface area contributed by atoms with E-state index >= 15 is 0 Å². The van der Waals surface area contributed by atoms with Crippen molar-refractivity contribution in [3.05, 3.63) is 29.3 Å². The van der Waals surface area contributed by atoms with E-state index in [2.05, 4.69) is 4.90 Å². The summed E-state index contributed by atoms with van der Waals surface area (Å²) in [5, 5.41) is 9.81. The molecule has 2 fully saturated rings. The first-order chi connectivity index (χ1) is 9.68. The molecular formula is C17H23NO2. The van der Waals surface area contributed by atoms with Crippen LogP contribution in [0.5, 0.6) is 5.75 Å². The molecule has 3 nitrogen and oxygen atoms in total. The van der Waals surface area contributed by atoms with Gasteiger partial charge in [-0.2, -0.15) is 0 Å². The number of phenolic OH excluding ortho intramolecular Hbond substituents is 1. The van der Waals surface area contributed by atoms with Gasteiger partial charge in [0.25, 0.3) is 5.91 Å². The molecule has 2 aliphatic rings. The predicted octanol–water partition coefficient (Wildman–Crippen LogP) is 3.50. The molecule has 20 heavy (non-hydrogen) atoms. The molecule has 2 atom stereocenters. The number of fused-ring (bicyclic) bond motifs is 1. The van der Waals surface area contributed by atoms with Crippen LogP contribution in [0.15, 0.2) is 18.2 Å². The van der Waals surface area contributed by atoms with E-state index < -0.39 is 0 Å². The van der Waals surface area contributed by atoms with Gasteiger partial charge < -0.3 is 10.0 Å². The van der Waals surface area contributed by atoms with Crippen molar-refractivity contribution in [1.29, 1.82) is 0 Å². The van der Waals surface area contributed by atoms with E-state index in [0.29, 0.717) is 23.1 Å². The molecule has 1 aliphatic carbocycles. The molecule has 0 bridgehead atoms. The summed E-state index contributed by atoms with van der Waals surface area (Å²) >= 11 is 0. The average molecular weight is 273 g/mol. The van der Waals surface area contributed by atoms with Crippen molar-refractivity contribution >= 4 is 5.91 Å². The monoisotopic (exact) mass is 273 g/mol. The van der Waals surface area contributed by atoms with Gasteiger partial charge >= 0.3 is 0 Å². The zero-order valence-corrected chi connectivity index (χ0v) is 12.1. The Morgan fingerprint density at radius 3 is 2.80 bits per heavy atom. The number of aromatic hydroxyl groups is 1. The Labute approximate surface area is 120 Å². The van der Waals surface area contributed by atoms with Crippen molar-refractivity contribution in [2.45, 2.75) is 51.5 Å². The molecule has 1 aromatic rings. The predicted molar refractivity (Wildman–Crippen MR) is 78.9 cm³/mol. The Hall–Kier alpha value is -1.51. The van der Waals surface area contributed by atoms with Crippen molar-refractivity contribution in [2.24, 2.45) is 5.92 Å². The Balaban J connectivity index is 1.87. The third kappa shape index (κ3) is 2.30. The second-order valence-electron chi connectivity index (χ2n) is 6.20. The van der Waals surface area contributed by atoms with Gasteiger partial charge in [-0.15, -0.1) is 0 Å². The van der Waals surface area contributed by atoms with Crippen molar-refractivity contribution in [2.75, 3.05) is 6.54 Å². The van der Waals surface area contributed by atoms with Gasteiger partial charge in [-0.25, -0.2) is 0 Å². The number of hydrogen-bond acceptors (Lipinski definition) is 2. The van der Waals surface area contributed by atoms with Crippen LogP contribution in [-0.4, -0.2) is 28.5 Å². The minimum atomic E-state index is 0.106. The van der Waals surface area contributed by atoms with Crippen LogP contribution in [0.2, 0.25) is 0 Å². The maximum Gasteiger partial charge on any atom is 0.254 e. The SMILES string of the molecule is Cc1c(O)cccc1C(=O)N1CCC[C@H]2CCCC[C@H]21. The average Bonchev–Trinajstić information content (AvgIpc) is 2.49. The molecule has 0 aromatic heterocycles. The smallest absolute Gasteiger partial charge is 0.254 e. The molecule has 1 aliphatic heterocycles. The highest BCUT2D eigenvalue weighted by atomic mass is 16.3. The maximum absolute atomic E-state index is 12.8. The number of hydrogen-bond donors (Lipinski definition) is 1. The summed E-state index contributed by atoms with van der Waals surface area (Å²) < 4.78 is 0. The fraction of sp³-hybridized carbons (Fsp3) is 0.588. The molecule has 1 saturated carbocycles. The minimum absolute atomic E-state index is 0.106. The van der Waals surface area contributed by atoms with Crippen LogP contribution in [0.3, 0.4) is 0 Å². The van der Waals surface area contributed by atoms with Crippen molar-refractivity contribution < 1.29 is 9.90 Å². The van der Waals surface area contributed by atoms with Crippen molar-refractivity contribution in [3.8, 4) is 5.75 Å². The fourth-order valence-corrected chi connectivity index (χ4v) is 3.89. The molecule has 3 rings (SSSR count). The van der Waals surface area contributed by atoms with Gasteiger partial charge in [0, 0.05) is 23.7 Å². The molecule has 1 aromatic carbocycles. The Morgan fingerprint density at radius 1 is 1.20 bits per heavy atom. The maximum atomic E-state index is 12.8. The first kappa shape index (κ1) is 13.5. The number of nitrogens with zero attached hydrogens (tertiary/aromatic N) is 1. The lowest BCUT2D eigenvalue weighted by Gasteiger charge is -2.44. The molecule has 0 radical (unpaired) electrons. The Morgan fingerprint density at radius 2 is 1.95 bits per heavy atom. The molecule has 0 spiro atoms. The number of amides is 1. The number of likely N-dealkylation sites (tertiary alicyclic amines) is 1. The number of phenols is 1. The number of piperidine rings is 1.